The second-order valence-corrected chi connectivity index (χ2v) is 6.66. The van der Waals surface area contributed by atoms with Gasteiger partial charge in [0.15, 0.2) is 0 Å². The van der Waals surface area contributed by atoms with Crippen LogP contribution < -0.4 is 5.32 Å². The molecule has 1 N–H and O–H groups in total. The summed E-state index contributed by atoms with van der Waals surface area (Å²) in [6.07, 6.45) is 4.13. The molecule has 21 heavy (non-hydrogen) atoms. The molecule has 1 aromatic rings. The lowest BCUT2D eigenvalue weighted by Crippen LogP contribution is -2.37. The molecule has 1 atom stereocenters. The quantitative estimate of drug-likeness (QED) is 0.736. The van der Waals surface area contributed by atoms with E-state index in [2.05, 4.69) is 56.1 Å². The first-order valence-corrected chi connectivity index (χ1v) is 8.66. The molecule has 2 rings (SSSR count). The predicted octanol–water partition coefficient (Wildman–Crippen LogP) is 4.08. The van der Waals surface area contributed by atoms with E-state index < -0.39 is 0 Å². The summed E-state index contributed by atoms with van der Waals surface area (Å²) in [4.78, 5) is 2.67. The number of hydrogen-bond donors (Lipinski definition) is 1. The Morgan fingerprint density at radius 3 is 2.52 bits per heavy atom. The first kappa shape index (κ1) is 16.5. The zero-order chi connectivity index (χ0) is 15.2. The van der Waals surface area contributed by atoms with Crippen LogP contribution >= 0.6 is 0 Å². The van der Waals surface area contributed by atoms with Gasteiger partial charge in [-0.3, -0.25) is 0 Å². The first-order chi connectivity index (χ1) is 10.1. The van der Waals surface area contributed by atoms with Crippen molar-refractivity contribution in [1.29, 1.82) is 0 Å². The Hall–Kier alpha value is -0.860. The summed E-state index contributed by atoms with van der Waals surface area (Å²) < 4.78 is 0. The van der Waals surface area contributed by atoms with Gasteiger partial charge in [0.2, 0.25) is 0 Å². The molecule has 1 aliphatic carbocycles. The van der Waals surface area contributed by atoms with E-state index >= 15 is 0 Å². The molecule has 0 spiro atoms. The van der Waals surface area contributed by atoms with Crippen molar-refractivity contribution in [2.75, 3.05) is 26.2 Å². The Morgan fingerprint density at radius 1 is 1.19 bits per heavy atom. The van der Waals surface area contributed by atoms with Crippen LogP contribution in [0.5, 0.6) is 0 Å². The summed E-state index contributed by atoms with van der Waals surface area (Å²) in [6, 6.07) is 7.39. The monoisotopic (exact) mass is 288 g/mol. The fourth-order valence-electron chi connectivity index (χ4n) is 3.01. The van der Waals surface area contributed by atoms with Gasteiger partial charge < -0.3 is 10.2 Å². The summed E-state index contributed by atoms with van der Waals surface area (Å²) in [6.45, 7) is 13.6. The molecule has 0 aromatic heterocycles. The SMILES string of the molecule is CCCN(CC1CC1)CC(NCC)c1ccc(C)c(C)c1. The van der Waals surface area contributed by atoms with Gasteiger partial charge in [0, 0.05) is 19.1 Å². The number of rotatable bonds is 9. The largest absolute Gasteiger partial charge is 0.309 e. The van der Waals surface area contributed by atoms with Crippen LogP contribution in [0.1, 0.15) is 55.8 Å². The fourth-order valence-corrected chi connectivity index (χ4v) is 3.01. The van der Waals surface area contributed by atoms with Gasteiger partial charge in [0.05, 0.1) is 0 Å². The fraction of sp³-hybridized carbons (Fsp3) is 0.684. The van der Waals surface area contributed by atoms with Gasteiger partial charge in [0.25, 0.3) is 0 Å². The highest BCUT2D eigenvalue weighted by atomic mass is 15.2. The van der Waals surface area contributed by atoms with Gasteiger partial charge in [-0.05, 0) is 68.8 Å². The van der Waals surface area contributed by atoms with E-state index in [9.17, 15) is 0 Å². The number of hydrogen-bond acceptors (Lipinski definition) is 2. The molecular formula is C19H32N2. The van der Waals surface area contributed by atoms with E-state index in [0.29, 0.717) is 6.04 Å². The third kappa shape index (κ3) is 5.12. The zero-order valence-corrected chi connectivity index (χ0v) is 14.3. The summed E-state index contributed by atoms with van der Waals surface area (Å²) in [7, 11) is 0. The van der Waals surface area contributed by atoms with Crippen LogP contribution in [-0.4, -0.2) is 31.1 Å². The lowest BCUT2D eigenvalue weighted by molar-refractivity contribution is 0.234. The van der Waals surface area contributed by atoms with Crippen LogP contribution in [0.2, 0.25) is 0 Å². The minimum absolute atomic E-state index is 0.458. The highest BCUT2D eigenvalue weighted by Gasteiger charge is 2.25. The molecule has 1 aliphatic rings. The molecule has 1 aromatic carbocycles. The normalized spacial score (nSPS) is 16.4. The Labute approximate surface area is 130 Å². The zero-order valence-electron chi connectivity index (χ0n) is 14.3. The van der Waals surface area contributed by atoms with Gasteiger partial charge in [0.1, 0.15) is 0 Å². The van der Waals surface area contributed by atoms with E-state index in [1.54, 1.807) is 0 Å². The average Bonchev–Trinajstić information content (AvgIpc) is 3.25. The molecule has 118 valence electrons. The number of likely N-dealkylation sites (N-methyl/N-ethyl adjacent to an activating group) is 1. The second-order valence-electron chi connectivity index (χ2n) is 6.66. The Morgan fingerprint density at radius 2 is 1.95 bits per heavy atom. The van der Waals surface area contributed by atoms with Crippen molar-refractivity contribution in [2.45, 2.75) is 53.0 Å². The summed E-state index contributed by atoms with van der Waals surface area (Å²) >= 11 is 0. The molecule has 1 fully saturated rings. The van der Waals surface area contributed by atoms with Crippen molar-refractivity contribution in [3.05, 3.63) is 34.9 Å². The van der Waals surface area contributed by atoms with Crippen molar-refractivity contribution in [2.24, 2.45) is 5.92 Å². The first-order valence-electron chi connectivity index (χ1n) is 8.66. The van der Waals surface area contributed by atoms with Gasteiger partial charge >= 0.3 is 0 Å². The average molecular weight is 288 g/mol. The Kier molecular flexibility index (Phi) is 6.25. The van der Waals surface area contributed by atoms with Crippen molar-refractivity contribution in [3.8, 4) is 0 Å². The summed E-state index contributed by atoms with van der Waals surface area (Å²) in [5.41, 5.74) is 4.23. The number of nitrogens with zero attached hydrogens (tertiary/aromatic N) is 1. The number of aryl methyl sites for hydroxylation is 2. The van der Waals surface area contributed by atoms with E-state index in [0.717, 1.165) is 19.0 Å². The molecule has 0 bridgehead atoms. The number of nitrogens with one attached hydrogen (secondary N) is 1. The Balaban J connectivity index is 2.06. The van der Waals surface area contributed by atoms with Crippen molar-refractivity contribution >= 4 is 0 Å². The molecule has 1 saturated carbocycles. The minimum Gasteiger partial charge on any atom is -0.309 e. The third-order valence-corrected chi connectivity index (χ3v) is 4.58. The molecule has 2 nitrogen and oxygen atoms in total. The lowest BCUT2D eigenvalue weighted by atomic mass is 10.0. The summed E-state index contributed by atoms with van der Waals surface area (Å²) in [5, 5.41) is 3.69. The lowest BCUT2D eigenvalue weighted by Gasteiger charge is -2.28. The third-order valence-electron chi connectivity index (χ3n) is 4.58. The van der Waals surface area contributed by atoms with E-state index in [-0.39, 0.29) is 0 Å². The predicted molar refractivity (Wildman–Crippen MR) is 91.8 cm³/mol. The molecule has 0 saturated heterocycles. The van der Waals surface area contributed by atoms with Crippen LogP contribution in [0, 0.1) is 19.8 Å². The second kappa shape index (κ2) is 7.95. The van der Waals surface area contributed by atoms with Crippen LogP contribution in [0.3, 0.4) is 0 Å². The van der Waals surface area contributed by atoms with Crippen LogP contribution in [0.25, 0.3) is 0 Å². The maximum absolute atomic E-state index is 3.69. The summed E-state index contributed by atoms with van der Waals surface area (Å²) in [5.74, 6) is 0.971. The molecule has 1 unspecified atom stereocenters. The van der Waals surface area contributed by atoms with Crippen molar-refractivity contribution < 1.29 is 0 Å². The molecule has 2 heteroatoms. The highest BCUT2D eigenvalue weighted by Crippen LogP contribution is 2.30. The van der Waals surface area contributed by atoms with Crippen molar-refractivity contribution in [1.82, 2.24) is 10.2 Å². The van der Waals surface area contributed by atoms with E-state index in [1.165, 1.54) is 49.0 Å². The van der Waals surface area contributed by atoms with Gasteiger partial charge in [-0.15, -0.1) is 0 Å². The van der Waals surface area contributed by atoms with E-state index in [4.69, 9.17) is 0 Å². The maximum atomic E-state index is 3.69. The smallest absolute Gasteiger partial charge is 0.0449 e. The van der Waals surface area contributed by atoms with Gasteiger partial charge in [-0.25, -0.2) is 0 Å². The van der Waals surface area contributed by atoms with Crippen LogP contribution in [0.15, 0.2) is 18.2 Å². The molecular weight excluding hydrogens is 256 g/mol. The molecule has 0 radical (unpaired) electrons. The van der Waals surface area contributed by atoms with Crippen LogP contribution in [0.4, 0.5) is 0 Å². The molecule has 0 heterocycles. The minimum atomic E-state index is 0.458. The standard InChI is InChI=1S/C19H32N2/c1-5-11-21(13-17-8-9-17)14-19(20-6-2)18-10-7-15(3)16(4)12-18/h7,10,12,17,19-20H,5-6,8-9,11,13-14H2,1-4H3. The van der Waals surface area contributed by atoms with Crippen molar-refractivity contribution in [3.63, 3.8) is 0 Å². The molecule has 0 amide bonds. The topological polar surface area (TPSA) is 15.3 Å². The maximum Gasteiger partial charge on any atom is 0.0449 e. The van der Waals surface area contributed by atoms with Gasteiger partial charge in [-0.2, -0.15) is 0 Å². The van der Waals surface area contributed by atoms with Gasteiger partial charge in [-0.1, -0.05) is 32.0 Å². The molecule has 0 aliphatic heterocycles. The highest BCUT2D eigenvalue weighted by molar-refractivity contribution is 5.32. The van der Waals surface area contributed by atoms with E-state index in [1.807, 2.05) is 0 Å². The number of benzene rings is 1. The van der Waals surface area contributed by atoms with Crippen LogP contribution in [-0.2, 0) is 0 Å². The Bertz CT molecular complexity index is 437.